The van der Waals surface area contributed by atoms with Crippen LogP contribution in [0.5, 0.6) is 0 Å². The van der Waals surface area contributed by atoms with E-state index in [1.165, 1.54) is 11.3 Å². The molecule has 0 aromatic carbocycles. The summed E-state index contributed by atoms with van der Waals surface area (Å²) in [5.74, 6) is 0. The van der Waals surface area contributed by atoms with Crippen LogP contribution in [0.15, 0.2) is 11.4 Å². The number of nitrogens with two attached hydrogens (primary N) is 1. The highest BCUT2D eigenvalue weighted by Gasteiger charge is 2.04. The summed E-state index contributed by atoms with van der Waals surface area (Å²) in [6.45, 7) is 0.140. The van der Waals surface area contributed by atoms with Gasteiger partial charge in [-0.25, -0.2) is 5.14 Å². The summed E-state index contributed by atoms with van der Waals surface area (Å²) in [7, 11) is -3.62. The lowest BCUT2D eigenvalue weighted by molar-refractivity contribution is 0.583. The minimum absolute atomic E-state index is 0.140. The van der Waals surface area contributed by atoms with Crippen LogP contribution in [0.25, 0.3) is 0 Å². The maximum Gasteiger partial charge on any atom is 0.274 e. The molecule has 1 aromatic rings. The second-order valence-electron chi connectivity index (χ2n) is 2.09. The third-order valence-electron chi connectivity index (χ3n) is 1.16. The Kier molecular flexibility index (Phi) is 3.08. The lowest BCUT2D eigenvalue weighted by Gasteiger charge is -1.99. The summed E-state index contributed by atoms with van der Waals surface area (Å²) >= 11 is 7.06. The summed E-state index contributed by atoms with van der Waals surface area (Å²) in [6, 6.07) is 1.74. The number of halogens is 1. The summed E-state index contributed by atoms with van der Waals surface area (Å²) in [4.78, 5) is 0. The van der Waals surface area contributed by atoms with Gasteiger partial charge < -0.3 is 0 Å². The molecule has 0 fully saturated rings. The van der Waals surface area contributed by atoms with Crippen molar-refractivity contribution in [3.63, 3.8) is 0 Å². The Hall–Kier alpha value is -0.140. The summed E-state index contributed by atoms with van der Waals surface area (Å²) in [5.41, 5.74) is 0.732. The van der Waals surface area contributed by atoms with E-state index in [9.17, 15) is 8.42 Å². The van der Waals surface area contributed by atoms with E-state index in [1.807, 2.05) is 0 Å². The lowest BCUT2D eigenvalue weighted by Crippen LogP contribution is -2.30. The average molecular weight is 227 g/mol. The summed E-state index contributed by atoms with van der Waals surface area (Å²) in [5, 5.41) is 6.50. The van der Waals surface area contributed by atoms with Gasteiger partial charge in [-0.05, 0) is 17.0 Å². The van der Waals surface area contributed by atoms with Crippen molar-refractivity contribution in [3.8, 4) is 0 Å². The monoisotopic (exact) mass is 226 g/mol. The van der Waals surface area contributed by atoms with E-state index in [0.717, 1.165) is 5.56 Å². The number of hydrogen-bond donors (Lipinski definition) is 2. The molecule has 4 nitrogen and oxygen atoms in total. The zero-order valence-electron chi connectivity index (χ0n) is 5.95. The van der Waals surface area contributed by atoms with Gasteiger partial charge in [0.15, 0.2) is 0 Å². The highest BCUT2D eigenvalue weighted by Crippen LogP contribution is 2.22. The average Bonchev–Trinajstić information content (AvgIpc) is 2.29. The van der Waals surface area contributed by atoms with Gasteiger partial charge in [0.2, 0.25) is 0 Å². The van der Waals surface area contributed by atoms with Gasteiger partial charge in [0.25, 0.3) is 10.2 Å². The topological polar surface area (TPSA) is 72.2 Å². The zero-order valence-corrected chi connectivity index (χ0v) is 8.34. The van der Waals surface area contributed by atoms with Crippen LogP contribution in [0.3, 0.4) is 0 Å². The first-order chi connectivity index (χ1) is 5.49. The van der Waals surface area contributed by atoms with Crippen molar-refractivity contribution in [3.05, 3.63) is 21.3 Å². The van der Waals surface area contributed by atoms with Crippen LogP contribution in [-0.2, 0) is 16.8 Å². The molecule has 0 radical (unpaired) electrons. The van der Waals surface area contributed by atoms with Crippen LogP contribution >= 0.6 is 22.9 Å². The van der Waals surface area contributed by atoms with Crippen LogP contribution in [-0.4, -0.2) is 8.42 Å². The molecule has 3 N–H and O–H groups in total. The first-order valence-electron chi connectivity index (χ1n) is 2.98. The van der Waals surface area contributed by atoms with Crippen LogP contribution in [0.4, 0.5) is 0 Å². The molecule has 1 aromatic heterocycles. The van der Waals surface area contributed by atoms with Gasteiger partial charge in [0, 0.05) is 6.54 Å². The first kappa shape index (κ1) is 9.94. The van der Waals surface area contributed by atoms with Crippen LogP contribution in [0.1, 0.15) is 5.56 Å². The Balaban J connectivity index is 2.61. The fraction of sp³-hybridized carbons (Fsp3) is 0.200. The highest BCUT2D eigenvalue weighted by atomic mass is 35.5. The highest BCUT2D eigenvalue weighted by molar-refractivity contribution is 7.87. The van der Waals surface area contributed by atoms with Crippen molar-refractivity contribution in [2.75, 3.05) is 0 Å². The third kappa shape index (κ3) is 3.08. The number of thiophene rings is 1. The van der Waals surface area contributed by atoms with E-state index in [1.54, 1.807) is 11.4 Å². The largest absolute Gasteiger partial charge is 0.274 e. The Morgan fingerprint density at radius 1 is 1.67 bits per heavy atom. The Bertz CT molecular complexity index is 359. The van der Waals surface area contributed by atoms with Crippen LogP contribution < -0.4 is 9.86 Å². The second kappa shape index (κ2) is 3.71. The molecule has 7 heteroatoms. The molecule has 0 bridgehead atoms. The zero-order chi connectivity index (χ0) is 9.19. The van der Waals surface area contributed by atoms with Gasteiger partial charge >= 0.3 is 0 Å². The molecule has 0 saturated carbocycles. The SMILES string of the molecule is NS(=O)(=O)NCc1ccsc1Cl. The van der Waals surface area contributed by atoms with E-state index in [2.05, 4.69) is 4.72 Å². The van der Waals surface area contributed by atoms with Gasteiger partial charge in [-0.3, -0.25) is 0 Å². The molecule has 0 aliphatic carbocycles. The Labute approximate surface area is 79.5 Å². The fourth-order valence-corrected chi connectivity index (χ4v) is 1.91. The predicted octanol–water partition coefficient (Wildman–Crippen LogP) is 0.695. The summed E-state index contributed by atoms with van der Waals surface area (Å²) < 4.78 is 23.6. The van der Waals surface area contributed by atoms with E-state index in [-0.39, 0.29) is 6.54 Å². The van der Waals surface area contributed by atoms with Crippen molar-refractivity contribution in [1.29, 1.82) is 0 Å². The van der Waals surface area contributed by atoms with Gasteiger partial charge in [-0.2, -0.15) is 13.1 Å². The third-order valence-corrected chi connectivity index (χ3v) is 2.96. The first-order valence-corrected chi connectivity index (χ1v) is 5.79. The molecule has 68 valence electrons. The number of hydrogen-bond acceptors (Lipinski definition) is 3. The van der Waals surface area contributed by atoms with Crippen molar-refractivity contribution in [2.24, 2.45) is 5.14 Å². The number of nitrogens with one attached hydrogen (secondary N) is 1. The van der Waals surface area contributed by atoms with Gasteiger partial charge in [-0.1, -0.05) is 11.6 Å². The molecular weight excluding hydrogens is 220 g/mol. The minimum atomic E-state index is -3.62. The van der Waals surface area contributed by atoms with Crippen LogP contribution in [0.2, 0.25) is 4.34 Å². The molecule has 1 rings (SSSR count). The second-order valence-corrected chi connectivity index (χ2v) is 4.98. The maximum atomic E-state index is 10.5. The molecule has 0 aliphatic heterocycles. The molecule has 12 heavy (non-hydrogen) atoms. The lowest BCUT2D eigenvalue weighted by atomic mass is 10.3. The maximum absolute atomic E-state index is 10.5. The quantitative estimate of drug-likeness (QED) is 0.796. The molecule has 1 heterocycles. The van der Waals surface area contributed by atoms with E-state index >= 15 is 0 Å². The fourth-order valence-electron chi connectivity index (χ4n) is 0.624. The molecule has 0 unspecified atom stereocenters. The molecule has 0 atom stereocenters. The Morgan fingerprint density at radius 3 is 2.75 bits per heavy atom. The van der Waals surface area contributed by atoms with Crippen molar-refractivity contribution < 1.29 is 8.42 Å². The van der Waals surface area contributed by atoms with E-state index in [4.69, 9.17) is 16.7 Å². The van der Waals surface area contributed by atoms with Gasteiger partial charge in [0.1, 0.15) is 0 Å². The predicted molar refractivity (Wildman–Crippen MR) is 49.3 cm³/mol. The van der Waals surface area contributed by atoms with Gasteiger partial charge in [0.05, 0.1) is 4.34 Å². The number of rotatable bonds is 3. The van der Waals surface area contributed by atoms with Crippen molar-refractivity contribution >= 4 is 33.1 Å². The normalized spacial score (nSPS) is 11.8. The Morgan fingerprint density at radius 2 is 2.33 bits per heavy atom. The molecule has 0 amide bonds. The standard InChI is InChI=1S/C5H7ClN2O2S2/c6-5-4(1-2-11-5)3-8-12(7,9)10/h1-2,8H,3H2,(H2,7,9,10). The van der Waals surface area contributed by atoms with Crippen molar-refractivity contribution in [2.45, 2.75) is 6.54 Å². The smallest absolute Gasteiger partial charge is 0.216 e. The summed E-state index contributed by atoms with van der Waals surface area (Å²) in [6.07, 6.45) is 0. The molecule has 0 saturated heterocycles. The van der Waals surface area contributed by atoms with Crippen LogP contribution in [0, 0.1) is 0 Å². The van der Waals surface area contributed by atoms with Gasteiger partial charge in [-0.15, -0.1) is 11.3 Å². The van der Waals surface area contributed by atoms with E-state index in [0.29, 0.717) is 4.34 Å². The van der Waals surface area contributed by atoms with E-state index < -0.39 is 10.2 Å². The molecule has 0 spiro atoms. The minimum Gasteiger partial charge on any atom is -0.216 e. The van der Waals surface area contributed by atoms with Crippen molar-refractivity contribution in [1.82, 2.24) is 4.72 Å². The molecular formula is C5H7ClN2O2S2. The molecule has 0 aliphatic rings.